The van der Waals surface area contributed by atoms with Crippen molar-refractivity contribution in [2.45, 2.75) is 52.4 Å². The van der Waals surface area contributed by atoms with Crippen molar-refractivity contribution in [1.29, 1.82) is 0 Å². The van der Waals surface area contributed by atoms with Gasteiger partial charge in [-0.1, -0.05) is 63.1 Å². The normalized spacial score (nSPS) is 37.5. The first-order chi connectivity index (χ1) is 9.72. The quantitative estimate of drug-likeness (QED) is 0.590. The Labute approximate surface area is 124 Å². The maximum atomic E-state index is 2.40. The molecule has 0 atom stereocenters. The van der Waals surface area contributed by atoms with Gasteiger partial charge in [-0.3, -0.25) is 0 Å². The Hall–Kier alpha value is -1.04. The molecule has 0 radical (unpaired) electrons. The summed E-state index contributed by atoms with van der Waals surface area (Å²) in [6, 6.07) is 0. The Morgan fingerprint density at radius 1 is 0.700 bits per heavy atom. The lowest BCUT2D eigenvalue weighted by Gasteiger charge is -2.34. The van der Waals surface area contributed by atoms with Crippen molar-refractivity contribution < 1.29 is 0 Å². The van der Waals surface area contributed by atoms with Crippen LogP contribution in [0.5, 0.6) is 0 Å². The summed E-state index contributed by atoms with van der Waals surface area (Å²) in [5.41, 5.74) is 3.08. The third-order valence-corrected chi connectivity index (χ3v) is 5.49. The molecule has 108 valence electrons. The van der Waals surface area contributed by atoms with Gasteiger partial charge in [0.25, 0.3) is 0 Å². The van der Waals surface area contributed by atoms with Crippen LogP contribution in [0, 0.1) is 23.7 Å². The van der Waals surface area contributed by atoms with Gasteiger partial charge in [0, 0.05) is 0 Å². The van der Waals surface area contributed by atoms with Gasteiger partial charge in [0.05, 0.1) is 0 Å². The molecule has 20 heavy (non-hydrogen) atoms. The molecule has 0 heteroatoms. The fraction of sp³-hybridized carbons (Fsp3) is 0.600. The van der Waals surface area contributed by atoms with Gasteiger partial charge >= 0.3 is 0 Å². The average Bonchev–Trinajstić information content (AvgIpc) is 2.37. The van der Waals surface area contributed by atoms with Crippen molar-refractivity contribution in [3.63, 3.8) is 0 Å². The van der Waals surface area contributed by atoms with E-state index in [1.54, 1.807) is 5.57 Å². The summed E-state index contributed by atoms with van der Waals surface area (Å²) in [6.07, 6.45) is 22.3. The van der Waals surface area contributed by atoms with Crippen LogP contribution in [0.4, 0.5) is 0 Å². The minimum Gasteiger partial charge on any atom is -0.0625 e. The highest BCUT2D eigenvalue weighted by Crippen LogP contribution is 2.39. The molecular formula is C20H28. The smallest absolute Gasteiger partial charge is 0.0157 e. The second-order valence-corrected chi connectivity index (χ2v) is 7.28. The SMILES string of the molecule is CC1CCC(C2=CC=CC(C3CC(C)C3)=CC=C2)CC1. The van der Waals surface area contributed by atoms with E-state index in [0.29, 0.717) is 0 Å². The predicted molar refractivity (Wildman–Crippen MR) is 87.5 cm³/mol. The molecule has 0 amide bonds. The molecule has 0 bridgehead atoms. The van der Waals surface area contributed by atoms with Crippen LogP contribution in [0.15, 0.2) is 47.6 Å². The minimum absolute atomic E-state index is 0.797. The van der Waals surface area contributed by atoms with E-state index in [0.717, 1.165) is 23.7 Å². The number of allylic oxidation sites excluding steroid dienone is 8. The summed E-state index contributed by atoms with van der Waals surface area (Å²) in [5.74, 6) is 3.48. The van der Waals surface area contributed by atoms with E-state index in [1.165, 1.54) is 44.1 Å². The van der Waals surface area contributed by atoms with Gasteiger partial charge in [0.15, 0.2) is 0 Å². The highest BCUT2D eigenvalue weighted by atomic mass is 14.3. The second kappa shape index (κ2) is 6.16. The lowest BCUT2D eigenvalue weighted by Crippen LogP contribution is -2.22. The van der Waals surface area contributed by atoms with Crippen LogP contribution in [0.1, 0.15) is 52.4 Å². The highest BCUT2D eigenvalue weighted by molar-refractivity contribution is 5.38. The van der Waals surface area contributed by atoms with Crippen LogP contribution >= 0.6 is 0 Å². The first-order valence-electron chi connectivity index (χ1n) is 8.49. The van der Waals surface area contributed by atoms with Gasteiger partial charge in [-0.05, 0) is 60.5 Å². The van der Waals surface area contributed by atoms with E-state index in [2.05, 4.69) is 50.3 Å². The highest BCUT2D eigenvalue weighted by Gasteiger charge is 2.27. The lowest BCUT2D eigenvalue weighted by atomic mass is 9.71. The first kappa shape index (κ1) is 13.9. The van der Waals surface area contributed by atoms with E-state index in [4.69, 9.17) is 0 Å². The van der Waals surface area contributed by atoms with Crippen LogP contribution in [-0.2, 0) is 0 Å². The standard InChI is InChI=1S/C20H28/c1-15-9-11-19(12-10-15)17-5-3-7-18(8-4-6-17)20-13-16(2)14-20/h3-8,15-16,19-20H,9-14H2,1-2H3. The zero-order valence-corrected chi connectivity index (χ0v) is 13.0. The lowest BCUT2D eigenvalue weighted by molar-refractivity contribution is 0.253. The van der Waals surface area contributed by atoms with Crippen molar-refractivity contribution in [1.82, 2.24) is 0 Å². The van der Waals surface area contributed by atoms with Crippen LogP contribution < -0.4 is 0 Å². The molecule has 3 aliphatic carbocycles. The van der Waals surface area contributed by atoms with Gasteiger partial charge < -0.3 is 0 Å². The molecule has 3 rings (SSSR count). The molecule has 0 aromatic rings. The topological polar surface area (TPSA) is 0 Å². The molecule has 0 N–H and O–H groups in total. The van der Waals surface area contributed by atoms with Crippen molar-refractivity contribution in [2.75, 3.05) is 0 Å². The van der Waals surface area contributed by atoms with Gasteiger partial charge in [-0.25, -0.2) is 0 Å². The molecule has 0 aromatic carbocycles. The van der Waals surface area contributed by atoms with Crippen LogP contribution in [0.2, 0.25) is 0 Å². The Morgan fingerprint density at radius 3 is 1.80 bits per heavy atom. The second-order valence-electron chi connectivity index (χ2n) is 7.28. The largest absolute Gasteiger partial charge is 0.0625 e. The molecule has 3 aliphatic rings. The predicted octanol–water partition coefficient (Wildman–Crippen LogP) is 5.84. The molecule has 0 heterocycles. The monoisotopic (exact) mass is 268 g/mol. The molecule has 0 saturated heterocycles. The first-order valence-corrected chi connectivity index (χ1v) is 8.49. The van der Waals surface area contributed by atoms with Gasteiger partial charge in [-0.15, -0.1) is 0 Å². The van der Waals surface area contributed by atoms with Crippen LogP contribution in [-0.4, -0.2) is 0 Å². The summed E-state index contributed by atoms with van der Waals surface area (Å²) in [4.78, 5) is 0. The molecule has 0 nitrogen and oxygen atoms in total. The minimum atomic E-state index is 0.797. The van der Waals surface area contributed by atoms with E-state index in [-0.39, 0.29) is 0 Å². The van der Waals surface area contributed by atoms with Crippen molar-refractivity contribution in [2.24, 2.45) is 23.7 Å². The summed E-state index contributed by atoms with van der Waals surface area (Å²) in [6.45, 7) is 4.76. The van der Waals surface area contributed by atoms with Crippen molar-refractivity contribution in [3.8, 4) is 0 Å². The molecule has 2 saturated carbocycles. The Morgan fingerprint density at radius 2 is 1.25 bits per heavy atom. The Bertz CT molecular complexity index is 446. The molecule has 0 spiro atoms. The molecule has 0 aliphatic heterocycles. The fourth-order valence-electron chi connectivity index (χ4n) is 3.96. The Kier molecular flexibility index (Phi) is 4.29. The van der Waals surface area contributed by atoms with E-state index >= 15 is 0 Å². The number of rotatable bonds is 2. The number of hydrogen-bond donors (Lipinski definition) is 0. The average molecular weight is 268 g/mol. The van der Waals surface area contributed by atoms with Crippen molar-refractivity contribution >= 4 is 0 Å². The van der Waals surface area contributed by atoms with Crippen molar-refractivity contribution in [3.05, 3.63) is 47.6 Å². The van der Waals surface area contributed by atoms with Gasteiger partial charge in [-0.2, -0.15) is 0 Å². The Balaban J connectivity index is 1.63. The third-order valence-electron chi connectivity index (χ3n) is 5.49. The maximum absolute atomic E-state index is 2.40. The van der Waals surface area contributed by atoms with Gasteiger partial charge in [0.1, 0.15) is 0 Å². The zero-order valence-electron chi connectivity index (χ0n) is 13.0. The fourth-order valence-corrected chi connectivity index (χ4v) is 3.96. The summed E-state index contributed by atoms with van der Waals surface area (Å²) in [5, 5.41) is 0. The zero-order chi connectivity index (χ0) is 13.9. The molecule has 2 fully saturated rings. The summed E-state index contributed by atoms with van der Waals surface area (Å²) in [7, 11) is 0. The van der Waals surface area contributed by atoms with Crippen LogP contribution in [0.3, 0.4) is 0 Å². The van der Waals surface area contributed by atoms with E-state index in [1.807, 2.05) is 0 Å². The maximum Gasteiger partial charge on any atom is -0.0157 e. The van der Waals surface area contributed by atoms with E-state index in [9.17, 15) is 0 Å². The summed E-state index contributed by atoms with van der Waals surface area (Å²) < 4.78 is 0. The van der Waals surface area contributed by atoms with Gasteiger partial charge in [0.2, 0.25) is 0 Å². The molecular weight excluding hydrogens is 240 g/mol. The molecule has 0 aromatic heterocycles. The number of hydrogen-bond acceptors (Lipinski definition) is 0. The summed E-state index contributed by atoms with van der Waals surface area (Å²) >= 11 is 0. The third kappa shape index (κ3) is 3.16. The van der Waals surface area contributed by atoms with E-state index < -0.39 is 0 Å². The van der Waals surface area contributed by atoms with Crippen LogP contribution in [0.25, 0.3) is 0 Å². The molecule has 0 unspecified atom stereocenters.